The summed E-state index contributed by atoms with van der Waals surface area (Å²) in [6, 6.07) is 5.99. The van der Waals surface area contributed by atoms with E-state index in [1.54, 1.807) is 0 Å². The van der Waals surface area contributed by atoms with Crippen molar-refractivity contribution in [2.45, 2.75) is 83.1 Å². The second-order valence-electron chi connectivity index (χ2n) is 11.6. The molecule has 0 saturated carbocycles. The zero-order valence-electron chi connectivity index (χ0n) is 29.0. The van der Waals surface area contributed by atoms with E-state index in [2.05, 4.69) is 83.1 Å². The standard InChI is InChI=1S/C37H50FN4O8P/c1-2-3-4-5-6-7-8-9-10-11-12-13-14-15-16-17-18-19-34(44)39-25-26-40-51(47,50-31-22-20-30(38)21-23-31)48-29-33-32(43)28-36(49-33)42-27-24-35(45)41-37(42)46/h3-4,6-7,9-10,12-13,15-16,20-24,27,32-33,36,43H,2,5,8,11,14,17-19,25-26,28-29H2,1H3,(H,39,44)(H,40,47)(H,41,45,46)/b4-3-,7-6-,10-9-,13-12-,16-15-/t32-,33+,36+,51?/m0/s1. The van der Waals surface area contributed by atoms with Crippen molar-refractivity contribution in [3.8, 4) is 5.75 Å². The number of carbonyl (C=O) groups excluding carboxylic acids is 1. The number of benzene rings is 1. The van der Waals surface area contributed by atoms with Crippen LogP contribution in [0.1, 0.15) is 70.9 Å². The van der Waals surface area contributed by atoms with Gasteiger partial charge in [-0.1, -0.05) is 67.7 Å². The lowest BCUT2D eigenvalue weighted by Crippen LogP contribution is -2.33. The van der Waals surface area contributed by atoms with Crippen LogP contribution in [0.5, 0.6) is 5.75 Å². The molecule has 1 aliphatic heterocycles. The third-order valence-corrected chi connectivity index (χ3v) is 9.05. The topological polar surface area (TPSA) is 161 Å². The zero-order valence-corrected chi connectivity index (χ0v) is 29.9. The Morgan fingerprint density at radius 2 is 1.61 bits per heavy atom. The molecular weight excluding hydrogens is 678 g/mol. The first kappa shape index (κ1) is 41.3. The van der Waals surface area contributed by atoms with E-state index in [4.69, 9.17) is 13.8 Å². The Labute approximate surface area is 298 Å². The minimum absolute atomic E-state index is 0.0163. The Kier molecular flexibility index (Phi) is 18.9. The average molecular weight is 729 g/mol. The van der Waals surface area contributed by atoms with Crippen LogP contribution in [0, 0.1) is 5.82 Å². The fourth-order valence-electron chi connectivity index (χ4n) is 4.83. The number of unbranched alkanes of at least 4 members (excludes halogenated alkanes) is 1. The normalized spacial score (nSPS) is 19.2. The summed E-state index contributed by atoms with van der Waals surface area (Å²) < 4.78 is 45.1. The number of ether oxygens (including phenoxy) is 1. The lowest BCUT2D eigenvalue weighted by Gasteiger charge is -2.23. The number of H-pyrrole nitrogens is 1. The van der Waals surface area contributed by atoms with Gasteiger partial charge in [-0.3, -0.25) is 23.7 Å². The van der Waals surface area contributed by atoms with E-state index in [0.717, 1.165) is 61.3 Å². The fraction of sp³-hybridized carbons (Fsp3) is 0.432. The molecule has 1 fully saturated rings. The van der Waals surface area contributed by atoms with Crippen LogP contribution in [0.2, 0.25) is 0 Å². The Hall–Kier alpha value is -4.13. The first-order valence-electron chi connectivity index (χ1n) is 17.3. The Bertz CT molecular complexity index is 1650. The molecule has 3 rings (SSSR count). The summed E-state index contributed by atoms with van der Waals surface area (Å²) in [6.45, 7) is 1.88. The van der Waals surface area contributed by atoms with Gasteiger partial charge < -0.3 is 19.7 Å². The molecule has 4 N–H and O–H groups in total. The van der Waals surface area contributed by atoms with Crippen LogP contribution < -0.4 is 26.2 Å². The highest BCUT2D eigenvalue weighted by Crippen LogP contribution is 2.45. The van der Waals surface area contributed by atoms with Gasteiger partial charge in [-0.15, -0.1) is 0 Å². The minimum Gasteiger partial charge on any atom is -0.413 e. The molecule has 0 radical (unpaired) electrons. The molecule has 0 aliphatic carbocycles. The van der Waals surface area contributed by atoms with Crippen molar-refractivity contribution in [3.05, 3.63) is 124 Å². The van der Waals surface area contributed by atoms with Crippen molar-refractivity contribution in [1.29, 1.82) is 0 Å². The molecule has 0 spiro atoms. The number of nitrogens with zero attached hydrogens (tertiary/aromatic N) is 1. The highest BCUT2D eigenvalue weighted by atomic mass is 31.2. The molecule has 2 heterocycles. The number of aromatic amines is 1. The average Bonchev–Trinajstić information content (AvgIpc) is 3.48. The number of amides is 1. The minimum atomic E-state index is -4.11. The number of rotatable bonds is 23. The van der Waals surface area contributed by atoms with E-state index in [-0.39, 0.29) is 37.8 Å². The third-order valence-electron chi connectivity index (χ3n) is 7.50. The van der Waals surface area contributed by atoms with E-state index in [0.29, 0.717) is 12.8 Å². The number of nitrogens with one attached hydrogen (secondary N) is 3. The number of hydrogen-bond donors (Lipinski definition) is 4. The first-order valence-corrected chi connectivity index (χ1v) is 18.8. The molecule has 1 aliphatic rings. The monoisotopic (exact) mass is 728 g/mol. The lowest BCUT2D eigenvalue weighted by atomic mass is 10.2. The van der Waals surface area contributed by atoms with Gasteiger partial charge in [-0.05, 0) is 69.2 Å². The van der Waals surface area contributed by atoms with E-state index < -0.39 is 43.2 Å². The van der Waals surface area contributed by atoms with E-state index in [1.807, 2.05) is 0 Å². The maximum Gasteiger partial charge on any atom is 0.458 e. The molecule has 4 atom stereocenters. The van der Waals surface area contributed by atoms with Gasteiger partial charge >= 0.3 is 13.4 Å². The van der Waals surface area contributed by atoms with Crippen molar-refractivity contribution in [1.82, 2.24) is 20.0 Å². The second kappa shape index (κ2) is 23.4. The predicted octanol–water partition coefficient (Wildman–Crippen LogP) is 6.16. The number of halogens is 1. The number of aromatic nitrogens is 2. The Morgan fingerprint density at radius 3 is 2.24 bits per heavy atom. The van der Waals surface area contributed by atoms with Gasteiger partial charge in [0.05, 0.1) is 12.7 Å². The van der Waals surface area contributed by atoms with Crippen LogP contribution in [0.25, 0.3) is 0 Å². The van der Waals surface area contributed by atoms with Gasteiger partial charge in [0.1, 0.15) is 23.9 Å². The molecule has 1 aromatic carbocycles. The van der Waals surface area contributed by atoms with Crippen LogP contribution in [-0.4, -0.2) is 52.5 Å². The van der Waals surface area contributed by atoms with Crippen molar-refractivity contribution in [2.75, 3.05) is 19.7 Å². The molecule has 278 valence electrons. The molecule has 14 heteroatoms. The molecule has 1 saturated heterocycles. The van der Waals surface area contributed by atoms with E-state index in [1.165, 1.54) is 18.3 Å². The SMILES string of the molecule is CC/C=C\C/C=C\C/C=C\C/C=C\C/C=C\CCCC(=O)NCCNP(=O)(OC[C@H]1O[C@@H](n2ccc(=O)[nH]c2=O)C[C@@H]1O)Oc1ccc(F)cc1. The molecule has 1 aromatic heterocycles. The number of hydrogen-bond acceptors (Lipinski definition) is 8. The van der Waals surface area contributed by atoms with Crippen LogP contribution >= 0.6 is 7.75 Å². The van der Waals surface area contributed by atoms with Crippen molar-refractivity contribution in [3.63, 3.8) is 0 Å². The maximum absolute atomic E-state index is 13.7. The summed E-state index contributed by atoms with van der Waals surface area (Å²) in [5.74, 6) is -0.608. The van der Waals surface area contributed by atoms with Gasteiger partial charge in [0.2, 0.25) is 5.91 Å². The smallest absolute Gasteiger partial charge is 0.413 e. The summed E-state index contributed by atoms with van der Waals surface area (Å²) in [4.78, 5) is 38.0. The van der Waals surface area contributed by atoms with Crippen molar-refractivity contribution < 1.29 is 32.6 Å². The summed E-state index contributed by atoms with van der Waals surface area (Å²) in [7, 11) is -4.11. The lowest BCUT2D eigenvalue weighted by molar-refractivity contribution is -0.121. The van der Waals surface area contributed by atoms with Crippen LogP contribution in [0.3, 0.4) is 0 Å². The van der Waals surface area contributed by atoms with Crippen LogP contribution in [0.4, 0.5) is 4.39 Å². The first-order chi connectivity index (χ1) is 24.7. The van der Waals surface area contributed by atoms with Gasteiger partial charge in [-0.2, -0.15) is 0 Å². The number of carbonyl (C=O) groups is 1. The third kappa shape index (κ3) is 16.6. The van der Waals surface area contributed by atoms with Gasteiger partial charge in [0.15, 0.2) is 0 Å². The molecule has 12 nitrogen and oxygen atoms in total. The number of aliphatic hydroxyl groups excluding tert-OH is 1. The highest BCUT2D eigenvalue weighted by Gasteiger charge is 2.38. The van der Waals surface area contributed by atoms with Gasteiger partial charge in [0, 0.05) is 38.2 Å². The van der Waals surface area contributed by atoms with Gasteiger partial charge in [0.25, 0.3) is 5.56 Å². The Balaban J connectivity index is 1.35. The number of aliphatic hydroxyl groups is 1. The highest BCUT2D eigenvalue weighted by molar-refractivity contribution is 7.52. The van der Waals surface area contributed by atoms with Crippen molar-refractivity contribution in [2.24, 2.45) is 0 Å². The predicted molar refractivity (Wildman–Crippen MR) is 196 cm³/mol. The van der Waals surface area contributed by atoms with Crippen molar-refractivity contribution >= 4 is 13.7 Å². The van der Waals surface area contributed by atoms with Crippen LogP contribution in [-0.2, 0) is 18.6 Å². The number of allylic oxidation sites excluding steroid dienone is 10. The Morgan fingerprint density at radius 1 is 0.980 bits per heavy atom. The van der Waals surface area contributed by atoms with E-state index in [9.17, 15) is 28.4 Å². The summed E-state index contributed by atoms with van der Waals surface area (Å²) >= 11 is 0. The van der Waals surface area contributed by atoms with E-state index >= 15 is 0 Å². The molecule has 1 unspecified atom stereocenters. The molecule has 2 aromatic rings. The maximum atomic E-state index is 13.7. The molecule has 0 bridgehead atoms. The summed E-state index contributed by atoms with van der Waals surface area (Å²) in [5, 5.41) is 16.0. The molecular formula is C37H50FN4O8P. The largest absolute Gasteiger partial charge is 0.458 e. The second-order valence-corrected chi connectivity index (χ2v) is 13.4. The quantitative estimate of drug-likeness (QED) is 0.0597. The molecule has 1 amide bonds. The fourth-order valence-corrected chi connectivity index (χ4v) is 6.17. The summed E-state index contributed by atoms with van der Waals surface area (Å²) in [6.07, 6.45) is 26.2. The van der Waals surface area contributed by atoms with Gasteiger partial charge in [-0.25, -0.2) is 18.8 Å². The summed E-state index contributed by atoms with van der Waals surface area (Å²) in [5.41, 5.74) is -1.28. The van der Waals surface area contributed by atoms with Crippen LogP contribution in [0.15, 0.2) is 107 Å². The molecule has 51 heavy (non-hydrogen) atoms. The zero-order chi connectivity index (χ0) is 36.7.